The van der Waals surface area contributed by atoms with E-state index in [4.69, 9.17) is 19.3 Å². The van der Waals surface area contributed by atoms with Gasteiger partial charge >= 0.3 is 11.9 Å². The van der Waals surface area contributed by atoms with Crippen LogP contribution >= 0.6 is 45.2 Å². The third-order valence-corrected chi connectivity index (χ3v) is 7.52. The summed E-state index contributed by atoms with van der Waals surface area (Å²) in [6, 6.07) is 11.2. The predicted molar refractivity (Wildman–Crippen MR) is 191 cm³/mol. The van der Waals surface area contributed by atoms with Gasteiger partial charge in [-0.15, -0.1) is 0 Å². The Bertz CT molecular complexity index is 1120. The lowest BCUT2D eigenvalue weighted by atomic mass is 10.0. The first kappa shape index (κ1) is 41.4. The van der Waals surface area contributed by atoms with E-state index in [9.17, 15) is 14.7 Å². The number of aliphatic hydroxyl groups is 1. The van der Waals surface area contributed by atoms with Crippen molar-refractivity contribution in [1.82, 2.24) is 0 Å². The monoisotopic (exact) mass is 826 g/mol. The molecule has 0 bridgehead atoms. The topological polar surface area (TPSA) is 102 Å². The minimum atomic E-state index is -0.461. The van der Waals surface area contributed by atoms with Crippen molar-refractivity contribution < 1.29 is 34.0 Å². The molecular formula is C34H52I2O7. The van der Waals surface area contributed by atoms with Crippen LogP contribution in [0.25, 0.3) is 0 Å². The van der Waals surface area contributed by atoms with Gasteiger partial charge in [0.1, 0.15) is 22.7 Å². The molecule has 0 saturated heterocycles. The van der Waals surface area contributed by atoms with Gasteiger partial charge in [-0.3, -0.25) is 9.59 Å². The zero-order valence-corrected chi connectivity index (χ0v) is 31.9. The number of hydrogen-bond donors (Lipinski definition) is 2. The molecule has 2 rings (SSSR count). The van der Waals surface area contributed by atoms with E-state index in [-0.39, 0.29) is 29.5 Å². The molecule has 0 aliphatic rings. The summed E-state index contributed by atoms with van der Waals surface area (Å²) >= 11 is 4.49. The van der Waals surface area contributed by atoms with E-state index in [0.29, 0.717) is 26.1 Å². The summed E-state index contributed by atoms with van der Waals surface area (Å²) in [6.07, 6.45) is 3.09. The highest BCUT2D eigenvalue weighted by molar-refractivity contribution is 14.1. The summed E-state index contributed by atoms with van der Waals surface area (Å²) in [5.74, 6) is 0.337. The summed E-state index contributed by atoms with van der Waals surface area (Å²) in [5.41, 5.74) is 1.19. The smallest absolute Gasteiger partial charge is 0.309 e. The number of rotatable bonds is 10. The molecule has 2 atom stereocenters. The number of aromatic hydroxyl groups is 1. The molecule has 0 saturated carbocycles. The molecule has 0 aromatic heterocycles. The first-order valence-corrected chi connectivity index (χ1v) is 16.9. The second kappa shape index (κ2) is 20.4. The molecule has 9 heteroatoms. The van der Waals surface area contributed by atoms with Crippen molar-refractivity contribution in [2.45, 2.75) is 106 Å². The van der Waals surface area contributed by atoms with Crippen LogP contribution in [-0.4, -0.2) is 46.6 Å². The van der Waals surface area contributed by atoms with Gasteiger partial charge in [-0.2, -0.15) is 0 Å². The van der Waals surface area contributed by atoms with Crippen LogP contribution in [0.2, 0.25) is 0 Å². The lowest BCUT2D eigenvalue weighted by Gasteiger charge is -2.22. The van der Waals surface area contributed by atoms with Crippen molar-refractivity contribution >= 4 is 57.1 Å². The summed E-state index contributed by atoms with van der Waals surface area (Å²) in [5, 5.41) is 17.3. The fraction of sp³-hybridized carbons (Fsp3) is 0.588. The quantitative estimate of drug-likeness (QED) is 0.183. The Labute approximate surface area is 286 Å². The zero-order valence-electron chi connectivity index (χ0n) is 27.6. The minimum Gasteiger partial charge on any atom is -0.508 e. The average Bonchev–Trinajstić information content (AvgIpc) is 2.89. The number of aliphatic hydroxyl groups excluding tert-OH is 1. The van der Waals surface area contributed by atoms with Crippen molar-refractivity contribution in [2.75, 3.05) is 13.2 Å². The second-order valence-electron chi connectivity index (χ2n) is 12.4. The Balaban J connectivity index is 0.000000736. The van der Waals surface area contributed by atoms with Gasteiger partial charge in [-0.25, -0.2) is 0 Å². The molecule has 2 aromatic carbocycles. The molecule has 43 heavy (non-hydrogen) atoms. The van der Waals surface area contributed by atoms with E-state index in [1.54, 1.807) is 12.1 Å². The number of halogens is 2. The standard InChI is InChI=1S/C17H25IO3.C14H19IO3.C3H8O/c1-6-9-20-14-7-8-15(18)13(11-14)10-12(2)16(19)21-17(3,4)5;1-9(13(17)18-14(2,3)4)7-10-8-11(16)5-6-12(10)15;1-2-3-4/h7-8,11-12H,6,9-10H2,1-5H3;5-6,8-9,16H,7H2,1-4H3;4H,2-3H2,1H3. The van der Waals surface area contributed by atoms with Crippen LogP contribution in [0.5, 0.6) is 11.5 Å². The van der Waals surface area contributed by atoms with Gasteiger partial charge in [-0.05, 0) is 160 Å². The molecule has 7 nitrogen and oxygen atoms in total. The molecule has 0 radical (unpaired) electrons. The van der Waals surface area contributed by atoms with E-state index in [2.05, 4.69) is 52.1 Å². The summed E-state index contributed by atoms with van der Waals surface area (Å²) < 4.78 is 18.6. The highest BCUT2D eigenvalue weighted by Gasteiger charge is 2.23. The Hall–Kier alpha value is -1.60. The third-order valence-electron chi connectivity index (χ3n) is 5.41. The van der Waals surface area contributed by atoms with Crippen molar-refractivity contribution in [2.24, 2.45) is 11.8 Å². The van der Waals surface area contributed by atoms with Crippen LogP contribution in [-0.2, 0) is 31.9 Å². The van der Waals surface area contributed by atoms with Crippen molar-refractivity contribution in [1.29, 1.82) is 0 Å². The number of phenolic OH excluding ortho intramolecular Hbond substituents is 1. The molecule has 2 N–H and O–H groups in total. The van der Waals surface area contributed by atoms with E-state index in [1.807, 2.05) is 86.6 Å². The average molecular weight is 827 g/mol. The van der Waals surface area contributed by atoms with E-state index in [0.717, 1.165) is 36.9 Å². The van der Waals surface area contributed by atoms with Crippen LogP contribution in [0.15, 0.2) is 36.4 Å². The summed E-state index contributed by atoms with van der Waals surface area (Å²) in [4.78, 5) is 23.9. The van der Waals surface area contributed by atoms with Crippen LogP contribution in [0.3, 0.4) is 0 Å². The molecule has 0 aliphatic carbocycles. The Morgan fingerprint density at radius 1 is 0.767 bits per heavy atom. The number of benzene rings is 2. The largest absolute Gasteiger partial charge is 0.508 e. The Morgan fingerprint density at radius 3 is 1.58 bits per heavy atom. The highest BCUT2D eigenvalue weighted by Crippen LogP contribution is 2.25. The van der Waals surface area contributed by atoms with Crippen LogP contribution in [0.4, 0.5) is 0 Å². The molecule has 0 aliphatic heterocycles. The Kier molecular flexibility index (Phi) is 19.7. The predicted octanol–water partition coefficient (Wildman–Crippen LogP) is 8.51. The molecule has 0 amide bonds. The second-order valence-corrected chi connectivity index (χ2v) is 14.7. The van der Waals surface area contributed by atoms with E-state index < -0.39 is 11.2 Å². The molecule has 0 spiro atoms. The fourth-order valence-electron chi connectivity index (χ4n) is 3.37. The van der Waals surface area contributed by atoms with Gasteiger partial charge in [-0.1, -0.05) is 27.7 Å². The fourth-order valence-corrected chi connectivity index (χ4v) is 4.48. The molecule has 244 valence electrons. The van der Waals surface area contributed by atoms with Gasteiger partial charge in [0.2, 0.25) is 0 Å². The van der Waals surface area contributed by atoms with Crippen molar-refractivity contribution in [3.63, 3.8) is 0 Å². The number of esters is 2. The first-order valence-electron chi connectivity index (χ1n) is 14.8. The number of hydrogen-bond acceptors (Lipinski definition) is 7. The molecular weight excluding hydrogens is 774 g/mol. The van der Waals surface area contributed by atoms with Crippen molar-refractivity contribution in [3.8, 4) is 11.5 Å². The summed E-state index contributed by atoms with van der Waals surface area (Å²) in [6.45, 7) is 20.0. The number of carbonyl (C=O) groups is 2. The van der Waals surface area contributed by atoms with Gasteiger partial charge < -0.3 is 24.4 Å². The number of carbonyl (C=O) groups excluding carboxylic acids is 2. The lowest BCUT2D eigenvalue weighted by Crippen LogP contribution is -2.28. The van der Waals surface area contributed by atoms with Crippen LogP contribution < -0.4 is 4.74 Å². The number of phenols is 1. The molecule has 2 unspecified atom stereocenters. The number of ether oxygens (including phenoxy) is 3. The third kappa shape index (κ3) is 19.4. The maximum atomic E-state index is 12.1. The lowest BCUT2D eigenvalue weighted by molar-refractivity contribution is -0.160. The maximum Gasteiger partial charge on any atom is 0.309 e. The Morgan fingerprint density at radius 2 is 1.19 bits per heavy atom. The van der Waals surface area contributed by atoms with E-state index in [1.165, 1.54) is 0 Å². The van der Waals surface area contributed by atoms with Gasteiger partial charge in [0.15, 0.2) is 0 Å². The van der Waals surface area contributed by atoms with Crippen molar-refractivity contribution in [3.05, 3.63) is 54.7 Å². The molecule has 0 heterocycles. The summed E-state index contributed by atoms with van der Waals surface area (Å²) in [7, 11) is 0. The zero-order chi connectivity index (χ0) is 33.4. The molecule has 2 aromatic rings. The first-order chi connectivity index (χ1) is 19.8. The van der Waals surface area contributed by atoms with Gasteiger partial charge in [0, 0.05) is 13.7 Å². The van der Waals surface area contributed by atoms with Crippen LogP contribution in [0.1, 0.15) is 93.2 Å². The van der Waals surface area contributed by atoms with Gasteiger partial charge in [0.25, 0.3) is 0 Å². The minimum absolute atomic E-state index is 0.154. The van der Waals surface area contributed by atoms with Crippen LogP contribution in [0, 0.1) is 19.0 Å². The maximum absolute atomic E-state index is 12.1. The normalized spacial score (nSPS) is 12.5. The van der Waals surface area contributed by atoms with Gasteiger partial charge in [0.05, 0.1) is 18.4 Å². The highest BCUT2D eigenvalue weighted by atomic mass is 127. The van der Waals surface area contributed by atoms with E-state index >= 15 is 0 Å². The molecule has 0 fully saturated rings. The SMILES string of the molecule is CC(Cc1cc(O)ccc1I)C(=O)OC(C)(C)C.CCCO.CCCOc1ccc(I)c(CC(C)C(=O)OC(C)(C)C)c1.